The zero-order valence-electron chi connectivity index (χ0n) is 16.1. The van der Waals surface area contributed by atoms with Crippen LogP contribution < -0.4 is 9.47 Å². The van der Waals surface area contributed by atoms with Gasteiger partial charge in [0.15, 0.2) is 23.2 Å². The number of ether oxygens (including phenoxy) is 3. The molecule has 6 nitrogen and oxygen atoms in total. The molecule has 0 atom stereocenters. The van der Waals surface area contributed by atoms with Crippen molar-refractivity contribution < 1.29 is 27.4 Å². The van der Waals surface area contributed by atoms with Gasteiger partial charge in [-0.3, -0.25) is 4.98 Å². The second-order valence-corrected chi connectivity index (χ2v) is 7.29. The minimum absolute atomic E-state index is 0.0957. The van der Waals surface area contributed by atoms with Crippen molar-refractivity contribution in [3.63, 3.8) is 0 Å². The molecular formula is C21H18F3N3O3. The third kappa shape index (κ3) is 4.35. The molecule has 1 aromatic carbocycles. The molecule has 1 saturated heterocycles. The van der Waals surface area contributed by atoms with Gasteiger partial charge in [-0.1, -0.05) is 13.0 Å². The number of benzene rings is 1. The quantitative estimate of drug-likeness (QED) is 0.543. The van der Waals surface area contributed by atoms with Crippen molar-refractivity contribution in [3.05, 3.63) is 65.7 Å². The number of aromatic nitrogens is 3. The van der Waals surface area contributed by atoms with Crippen LogP contribution in [0.4, 0.5) is 13.2 Å². The van der Waals surface area contributed by atoms with Crippen LogP contribution in [0.3, 0.4) is 0 Å². The van der Waals surface area contributed by atoms with E-state index < -0.39 is 23.2 Å². The Morgan fingerprint density at radius 3 is 2.57 bits per heavy atom. The van der Waals surface area contributed by atoms with Crippen molar-refractivity contribution in [2.75, 3.05) is 19.8 Å². The van der Waals surface area contributed by atoms with E-state index in [0.717, 1.165) is 12.1 Å². The van der Waals surface area contributed by atoms with Crippen molar-refractivity contribution in [1.29, 1.82) is 0 Å². The Morgan fingerprint density at radius 2 is 1.87 bits per heavy atom. The standard InChI is InChI=1S/C21H18F3N3O3/c1-21(10-28-11-21)12-30-17-8-13(26-20(27-17)15-4-2-3-7-25-15)9-29-16-6-5-14(22)18(23)19(16)24/h2-8H,9-12H2,1H3. The Labute approximate surface area is 170 Å². The van der Waals surface area contributed by atoms with Crippen molar-refractivity contribution in [2.45, 2.75) is 13.5 Å². The molecule has 3 aromatic rings. The van der Waals surface area contributed by atoms with E-state index in [1.54, 1.807) is 30.5 Å². The zero-order chi connectivity index (χ0) is 21.1. The molecule has 4 rings (SSSR count). The van der Waals surface area contributed by atoms with Gasteiger partial charge >= 0.3 is 0 Å². The summed E-state index contributed by atoms with van der Waals surface area (Å²) in [6.07, 6.45) is 1.60. The molecule has 156 valence electrons. The summed E-state index contributed by atoms with van der Waals surface area (Å²) < 4.78 is 56.8. The third-order valence-corrected chi connectivity index (χ3v) is 4.49. The predicted molar refractivity (Wildman–Crippen MR) is 100 cm³/mol. The van der Waals surface area contributed by atoms with Gasteiger partial charge in [-0.25, -0.2) is 13.8 Å². The number of halogens is 3. The van der Waals surface area contributed by atoms with Crippen molar-refractivity contribution >= 4 is 0 Å². The minimum atomic E-state index is -1.59. The van der Waals surface area contributed by atoms with Gasteiger partial charge in [0.2, 0.25) is 11.7 Å². The van der Waals surface area contributed by atoms with Crippen LogP contribution in [0.5, 0.6) is 11.6 Å². The first-order valence-corrected chi connectivity index (χ1v) is 9.20. The van der Waals surface area contributed by atoms with Crippen LogP contribution >= 0.6 is 0 Å². The van der Waals surface area contributed by atoms with E-state index in [0.29, 0.717) is 42.9 Å². The molecule has 1 fully saturated rings. The summed E-state index contributed by atoms with van der Waals surface area (Å²) in [5.41, 5.74) is 0.780. The molecule has 0 saturated carbocycles. The molecule has 0 unspecified atom stereocenters. The van der Waals surface area contributed by atoms with Crippen LogP contribution in [0.25, 0.3) is 11.5 Å². The van der Waals surface area contributed by atoms with Gasteiger partial charge in [-0.05, 0) is 24.3 Å². The van der Waals surface area contributed by atoms with E-state index in [1.165, 1.54) is 0 Å². The molecular weight excluding hydrogens is 399 g/mol. The fraction of sp³-hybridized carbons (Fsp3) is 0.286. The molecule has 3 heterocycles. The van der Waals surface area contributed by atoms with Crippen LogP contribution in [0.1, 0.15) is 12.6 Å². The summed E-state index contributed by atoms with van der Waals surface area (Å²) in [6, 6.07) is 8.65. The highest BCUT2D eigenvalue weighted by atomic mass is 19.2. The second kappa shape index (κ2) is 8.27. The van der Waals surface area contributed by atoms with Gasteiger partial charge in [0.1, 0.15) is 12.3 Å². The van der Waals surface area contributed by atoms with E-state index in [2.05, 4.69) is 15.0 Å². The smallest absolute Gasteiger partial charge is 0.217 e. The van der Waals surface area contributed by atoms with E-state index in [9.17, 15) is 13.2 Å². The molecule has 0 radical (unpaired) electrons. The van der Waals surface area contributed by atoms with Gasteiger partial charge in [0, 0.05) is 17.7 Å². The summed E-state index contributed by atoms with van der Waals surface area (Å²) in [5.74, 6) is -4.11. The molecule has 0 amide bonds. The van der Waals surface area contributed by atoms with Gasteiger partial charge < -0.3 is 14.2 Å². The van der Waals surface area contributed by atoms with E-state index in [1.807, 2.05) is 6.92 Å². The average Bonchev–Trinajstić information content (AvgIpc) is 2.75. The van der Waals surface area contributed by atoms with Crippen LogP contribution in [0.2, 0.25) is 0 Å². The Kier molecular flexibility index (Phi) is 5.54. The fourth-order valence-corrected chi connectivity index (χ4v) is 2.78. The number of hydrogen-bond donors (Lipinski definition) is 0. The van der Waals surface area contributed by atoms with Crippen molar-refractivity contribution in [2.24, 2.45) is 5.41 Å². The summed E-state index contributed by atoms with van der Waals surface area (Å²) in [6.45, 7) is 3.41. The first kappa shape index (κ1) is 20.1. The first-order chi connectivity index (χ1) is 14.4. The van der Waals surface area contributed by atoms with E-state index in [4.69, 9.17) is 14.2 Å². The highest BCUT2D eigenvalue weighted by Gasteiger charge is 2.34. The zero-order valence-corrected chi connectivity index (χ0v) is 16.1. The van der Waals surface area contributed by atoms with Gasteiger partial charge in [-0.2, -0.15) is 9.37 Å². The van der Waals surface area contributed by atoms with Crippen molar-refractivity contribution in [1.82, 2.24) is 15.0 Å². The Hall–Kier alpha value is -3.20. The van der Waals surface area contributed by atoms with Crippen LogP contribution in [0.15, 0.2) is 42.6 Å². The number of nitrogens with zero attached hydrogens (tertiary/aromatic N) is 3. The fourth-order valence-electron chi connectivity index (χ4n) is 2.78. The van der Waals surface area contributed by atoms with Gasteiger partial charge in [0.05, 0.1) is 25.5 Å². The third-order valence-electron chi connectivity index (χ3n) is 4.49. The van der Waals surface area contributed by atoms with Crippen LogP contribution in [0, 0.1) is 22.9 Å². The molecule has 1 aliphatic heterocycles. The molecule has 9 heteroatoms. The largest absolute Gasteiger partial charge is 0.484 e. The topological polar surface area (TPSA) is 66.4 Å². The van der Waals surface area contributed by atoms with Crippen LogP contribution in [-0.4, -0.2) is 34.8 Å². The lowest BCUT2D eigenvalue weighted by Gasteiger charge is -2.37. The minimum Gasteiger partial charge on any atom is -0.484 e. The lowest BCUT2D eigenvalue weighted by atomic mass is 9.90. The highest BCUT2D eigenvalue weighted by Crippen LogP contribution is 2.28. The Balaban J connectivity index is 1.58. The Bertz CT molecular complexity index is 1050. The Morgan fingerprint density at radius 1 is 1.03 bits per heavy atom. The SMILES string of the molecule is CC1(COc2cc(COc3ccc(F)c(F)c3F)nc(-c3ccccn3)n2)COC1. The normalized spacial score (nSPS) is 14.8. The summed E-state index contributed by atoms with van der Waals surface area (Å²) in [5, 5.41) is 0. The highest BCUT2D eigenvalue weighted by molar-refractivity contribution is 5.49. The van der Waals surface area contributed by atoms with E-state index >= 15 is 0 Å². The van der Waals surface area contributed by atoms with Crippen molar-refractivity contribution in [3.8, 4) is 23.1 Å². The molecule has 2 aromatic heterocycles. The number of hydrogen-bond acceptors (Lipinski definition) is 6. The van der Waals surface area contributed by atoms with E-state index in [-0.39, 0.29) is 12.0 Å². The lowest BCUT2D eigenvalue weighted by Crippen LogP contribution is -2.44. The van der Waals surface area contributed by atoms with Crippen LogP contribution in [-0.2, 0) is 11.3 Å². The molecule has 0 bridgehead atoms. The number of pyridine rings is 1. The molecule has 0 spiro atoms. The molecule has 0 N–H and O–H groups in total. The maximum Gasteiger partial charge on any atom is 0.217 e. The monoisotopic (exact) mass is 417 g/mol. The lowest BCUT2D eigenvalue weighted by molar-refractivity contribution is -0.120. The summed E-state index contributed by atoms with van der Waals surface area (Å²) >= 11 is 0. The van der Waals surface area contributed by atoms with Gasteiger partial charge in [-0.15, -0.1) is 0 Å². The first-order valence-electron chi connectivity index (χ1n) is 9.20. The second-order valence-electron chi connectivity index (χ2n) is 7.29. The molecule has 0 aliphatic carbocycles. The number of rotatable bonds is 7. The maximum atomic E-state index is 13.9. The average molecular weight is 417 g/mol. The van der Waals surface area contributed by atoms with Gasteiger partial charge in [0.25, 0.3) is 0 Å². The molecule has 30 heavy (non-hydrogen) atoms. The summed E-state index contributed by atoms with van der Waals surface area (Å²) in [4.78, 5) is 13.0. The summed E-state index contributed by atoms with van der Waals surface area (Å²) in [7, 11) is 0. The maximum absolute atomic E-state index is 13.9. The predicted octanol–water partition coefficient (Wildman–Crippen LogP) is 3.95. The molecule has 1 aliphatic rings.